The highest BCUT2D eigenvalue weighted by Gasteiger charge is 2.28. The van der Waals surface area contributed by atoms with E-state index in [1.165, 1.54) is 0 Å². The van der Waals surface area contributed by atoms with Gasteiger partial charge in [-0.3, -0.25) is 9.59 Å². The third kappa shape index (κ3) is 8.36. The Labute approximate surface area is 201 Å². The third-order valence-electron chi connectivity index (χ3n) is 5.27. The van der Waals surface area contributed by atoms with Crippen molar-refractivity contribution in [3.05, 3.63) is 64.1 Å². The zero-order valence-electron chi connectivity index (χ0n) is 18.9. The Morgan fingerprint density at radius 3 is 2.12 bits per heavy atom. The number of rotatable bonds is 12. The van der Waals surface area contributed by atoms with Gasteiger partial charge in [0.05, 0.1) is 6.61 Å². The predicted molar refractivity (Wildman–Crippen MR) is 130 cm³/mol. The molecule has 2 aromatic rings. The highest BCUT2D eigenvalue weighted by Crippen LogP contribution is 2.18. The first kappa shape index (κ1) is 26.0. The maximum Gasteiger partial charge on any atom is 0.243 e. The molecule has 2 unspecified atom stereocenters. The average Bonchev–Trinajstić information content (AvgIpc) is 2.78. The van der Waals surface area contributed by atoms with E-state index in [0.29, 0.717) is 41.8 Å². The molecule has 2 amide bonds. The molecular weight excluding hydrogens is 447 g/mol. The Hall–Kier alpha value is -2.24. The number of carbonyl (C=O) groups is 2. The number of hydrogen-bond donors (Lipinski definition) is 1. The molecular formula is C25H32Cl2N2O3. The van der Waals surface area contributed by atoms with Crippen molar-refractivity contribution >= 4 is 35.0 Å². The quantitative estimate of drug-likeness (QED) is 0.387. The second-order valence-corrected chi connectivity index (χ2v) is 8.67. The lowest BCUT2D eigenvalue weighted by molar-refractivity contribution is -0.141. The molecule has 0 aliphatic carbocycles. The minimum absolute atomic E-state index is 0.0526. The van der Waals surface area contributed by atoms with Gasteiger partial charge in [0.25, 0.3) is 0 Å². The van der Waals surface area contributed by atoms with E-state index in [4.69, 9.17) is 27.9 Å². The van der Waals surface area contributed by atoms with Gasteiger partial charge in [-0.05, 0) is 68.1 Å². The van der Waals surface area contributed by atoms with Crippen molar-refractivity contribution in [2.75, 3.05) is 6.61 Å². The van der Waals surface area contributed by atoms with E-state index in [-0.39, 0.29) is 24.3 Å². The largest absolute Gasteiger partial charge is 0.494 e. The molecule has 5 nitrogen and oxygen atoms in total. The average molecular weight is 479 g/mol. The van der Waals surface area contributed by atoms with Crippen LogP contribution >= 0.6 is 23.2 Å². The maximum atomic E-state index is 13.2. The summed E-state index contributed by atoms with van der Waals surface area (Å²) in [5.74, 6) is 0.506. The number of halogens is 2. The highest BCUT2D eigenvalue weighted by atomic mass is 35.5. The summed E-state index contributed by atoms with van der Waals surface area (Å²) in [4.78, 5) is 27.8. The number of carbonyl (C=O) groups excluding carboxylic acids is 2. The van der Waals surface area contributed by atoms with Crippen molar-refractivity contribution in [2.24, 2.45) is 0 Å². The first-order valence-electron chi connectivity index (χ1n) is 11.1. The van der Waals surface area contributed by atoms with Crippen molar-refractivity contribution < 1.29 is 14.3 Å². The molecule has 0 aliphatic heterocycles. The molecule has 0 fully saturated rings. The summed E-state index contributed by atoms with van der Waals surface area (Å²) in [5.41, 5.74) is 0.926. The lowest BCUT2D eigenvalue weighted by atomic mass is 10.1. The Kier molecular flexibility index (Phi) is 10.8. The van der Waals surface area contributed by atoms with E-state index >= 15 is 0 Å². The van der Waals surface area contributed by atoms with Gasteiger partial charge in [0.2, 0.25) is 11.8 Å². The molecule has 0 heterocycles. The second kappa shape index (κ2) is 13.3. The Morgan fingerprint density at radius 1 is 0.969 bits per heavy atom. The fraction of sp³-hybridized carbons (Fsp3) is 0.440. The van der Waals surface area contributed by atoms with Gasteiger partial charge in [-0.15, -0.1) is 0 Å². The van der Waals surface area contributed by atoms with Crippen LogP contribution in [0.2, 0.25) is 10.0 Å². The topological polar surface area (TPSA) is 58.6 Å². The molecule has 0 aliphatic rings. The van der Waals surface area contributed by atoms with Gasteiger partial charge in [-0.25, -0.2) is 0 Å². The molecule has 0 bridgehead atoms. The molecule has 174 valence electrons. The first-order valence-corrected chi connectivity index (χ1v) is 11.8. The number of nitrogens with zero attached hydrogens (tertiary/aromatic N) is 1. The third-order valence-corrected chi connectivity index (χ3v) is 5.77. The number of nitrogens with one attached hydrogen (secondary N) is 1. The highest BCUT2D eigenvalue weighted by molar-refractivity contribution is 6.30. The summed E-state index contributed by atoms with van der Waals surface area (Å²) >= 11 is 11.9. The molecule has 0 radical (unpaired) electrons. The molecule has 0 saturated heterocycles. The van der Waals surface area contributed by atoms with Gasteiger partial charge in [-0.2, -0.15) is 0 Å². The van der Waals surface area contributed by atoms with Crippen molar-refractivity contribution in [2.45, 2.75) is 65.1 Å². The van der Waals surface area contributed by atoms with Gasteiger partial charge in [-0.1, -0.05) is 49.2 Å². The van der Waals surface area contributed by atoms with Gasteiger partial charge in [0.1, 0.15) is 11.8 Å². The standard InChI is InChI=1S/C25H32Cl2N2O3/c1-4-18(3)28-25(31)23(5-2)29(17-19-8-10-20(26)11-9-19)24(30)7-6-16-32-22-14-12-21(27)13-15-22/h8-15,18,23H,4-7,16-17H2,1-3H3,(H,28,31). The molecule has 7 heteroatoms. The Bertz CT molecular complexity index is 856. The van der Waals surface area contributed by atoms with Crippen molar-refractivity contribution in [1.29, 1.82) is 0 Å². The summed E-state index contributed by atoms with van der Waals surface area (Å²) < 4.78 is 5.70. The van der Waals surface area contributed by atoms with E-state index in [0.717, 1.165) is 12.0 Å². The summed E-state index contributed by atoms with van der Waals surface area (Å²) in [6.45, 7) is 6.65. The molecule has 32 heavy (non-hydrogen) atoms. The van der Waals surface area contributed by atoms with Crippen LogP contribution in [0.5, 0.6) is 5.75 Å². The van der Waals surface area contributed by atoms with Crippen LogP contribution in [0.25, 0.3) is 0 Å². The molecule has 0 spiro atoms. The van der Waals surface area contributed by atoms with Gasteiger partial charge >= 0.3 is 0 Å². The van der Waals surface area contributed by atoms with Crippen LogP contribution in [0, 0.1) is 0 Å². The zero-order chi connectivity index (χ0) is 23.5. The van der Waals surface area contributed by atoms with E-state index in [2.05, 4.69) is 5.32 Å². The van der Waals surface area contributed by atoms with Crippen molar-refractivity contribution in [3.8, 4) is 5.75 Å². The van der Waals surface area contributed by atoms with E-state index in [9.17, 15) is 9.59 Å². The second-order valence-electron chi connectivity index (χ2n) is 7.80. The molecule has 2 aromatic carbocycles. The Balaban J connectivity index is 2.05. The summed E-state index contributed by atoms with van der Waals surface area (Å²) in [6.07, 6.45) is 2.19. The van der Waals surface area contributed by atoms with Crippen LogP contribution in [0.1, 0.15) is 52.0 Å². The van der Waals surface area contributed by atoms with Crippen LogP contribution in [0.3, 0.4) is 0 Å². The normalized spacial score (nSPS) is 12.7. The molecule has 0 saturated carbocycles. The minimum Gasteiger partial charge on any atom is -0.494 e. The summed E-state index contributed by atoms with van der Waals surface area (Å²) in [7, 11) is 0. The van der Waals surface area contributed by atoms with E-state index in [1.54, 1.807) is 41.3 Å². The first-order chi connectivity index (χ1) is 15.3. The number of ether oxygens (including phenoxy) is 1. The maximum absolute atomic E-state index is 13.2. The van der Waals surface area contributed by atoms with Crippen molar-refractivity contribution in [1.82, 2.24) is 10.2 Å². The van der Waals surface area contributed by atoms with E-state index < -0.39 is 6.04 Å². The molecule has 0 aromatic heterocycles. The van der Waals surface area contributed by atoms with Gasteiger partial charge in [0, 0.05) is 29.1 Å². The lowest BCUT2D eigenvalue weighted by Crippen LogP contribution is -2.50. The Morgan fingerprint density at radius 2 is 1.56 bits per heavy atom. The van der Waals surface area contributed by atoms with Crippen LogP contribution in [-0.4, -0.2) is 35.4 Å². The SMILES string of the molecule is CCC(C)NC(=O)C(CC)N(Cc1ccc(Cl)cc1)C(=O)CCCOc1ccc(Cl)cc1. The fourth-order valence-corrected chi connectivity index (χ4v) is 3.49. The number of hydrogen-bond acceptors (Lipinski definition) is 3. The van der Waals surface area contributed by atoms with Crippen LogP contribution < -0.4 is 10.1 Å². The fourth-order valence-electron chi connectivity index (χ4n) is 3.23. The minimum atomic E-state index is -0.538. The summed E-state index contributed by atoms with van der Waals surface area (Å²) in [5, 5.41) is 4.29. The summed E-state index contributed by atoms with van der Waals surface area (Å²) in [6, 6.07) is 14.0. The van der Waals surface area contributed by atoms with Crippen LogP contribution in [0.15, 0.2) is 48.5 Å². The monoisotopic (exact) mass is 478 g/mol. The number of benzene rings is 2. The molecule has 1 N–H and O–H groups in total. The zero-order valence-corrected chi connectivity index (χ0v) is 20.5. The van der Waals surface area contributed by atoms with Gasteiger partial charge in [0.15, 0.2) is 0 Å². The van der Waals surface area contributed by atoms with Crippen LogP contribution in [0.4, 0.5) is 0 Å². The number of amides is 2. The van der Waals surface area contributed by atoms with Crippen molar-refractivity contribution in [3.63, 3.8) is 0 Å². The van der Waals surface area contributed by atoms with Gasteiger partial charge < -0.3 is 15.0 Å². The lowest BCUT2D eigenvalue weighted by Gasteiger charge is -2.31. The van der Waals surface area contributed by atoms with Crippen LogP contribution in [-0.2, 0) is 16.1 Å². The smallest absolute Gasteiger partial charge is 0.243 e. The van der Waals surface area contributed by atoms with E-state index in [1.807, 2.05) is 32.9 Å². The molecule has 2 rings (SSSR count). The predicted octanol–water partition coefficient (Wildman–Crippen LogP) is 5.87. The molecule has 2 atom stereocenters.